The quantitative estimate of drug-likeness (QED) is 0.0373. The molecule has 0 bridgehead atoms. The minimum atomic E-state index is -0.773. The number of hydrogen-bond donors (Lipinski definition) is 1. The van der Waals surface area contributed by atoms with Crippen molar-refractivity contribution in [3.05, 3.63) is 85.1 Å². The zero-order chi connectivity index (χ0) is 61.9. The number of hydrogen-bond acceptors (Lipinski definition) is 5. The molecular formula is C81H146O5. The van der Waals surface area contributed by atoms with Gasteiger partial charge in [0.25, 0.3) is 0 Å². The second-order valence-corrected chi connectivity index (χ2v) is 25.7. The summed E-state index contributed by atoms with van der Waals surface area (Å²) >= 11 is 0. The Labute approximate surface area is 536 Å². The van der Waals surface area contributed by atoms with Gasteiger partial charge in [-0.1, -0.05) is 381 Å². The van der Waals surface area contributed by atoms with Gasteiger partial charge in [-0.05, 0) is 89.9 Å². The summed E-state index contributed by atoms with van der Waals surface area (Å²) in [7, 11) is 0. The first-order valence-electron chi connectivity index (χ1n) is 38.1. The smallest absolute Gasteiger partial charge is 0.306 e. The molecule has 0 spiro atoms. The summed E-state index contributed by atoms with van der Waals surface area (Å²) in [6.45, 7) is 4.07. The molecule has 5 nitrogen and oxygen atoms in total. The second kappa shape index (κ2) is 76.3. The van der Waals surface area contributed by atoms with E-state index in [1.807, 2.05) is 0 Å². The molecule has 0 aliphatic rings. The normalized spacial score (nSPS) is 12.6. The molecule has 86 heavy (non-hydrogen) atoms. The summed E-state index contributed by atoms with van der Waals surface area (Å²) in [5, 5.41) is 9.72. The lowest BCUT2D eigenvalue weighted by Gasteiger charge is -2.15. The Kier molecular flexibility index (Phi) is 73.7. The summed E-state index contributed by atoms with van der Waals surface area (Å²) < 4.78 is 10.8. The van der Waals surface area contributed by atoms with Crippen molar-refractivity contribution in [2.24, 2.45) is 0 Å². The van der Waals surface area contributed by atoms with Gasteiger partial charge in [-0.2, -0.15) is 0 Å². The zero-order valence-electron chi connectivity index (χ0n) is 57.6. The van der Waals surface area contributed by atoms with Crippen LogP contribution in [0.25, 0.3) is 0 Å². The monoisotopic (exact) mass is 1200 g/mol. The summed E-state index contributed by atoms with van der Waals surface area (Å²) in [5.74, 6) is -0.568. The van der Waals surface area contributed by atoms with Crippen LogP contribution in [0.15, 0.2) is 85.1 Å². The summed E-state index contributed by atoms with van der Waals surface area (Å²) in [4.78, 5) is 24.7. The van der Waals surface area contributed by atoms with Crippen LogP contribution in [-0.4, -0.2) is 36.4 Å². The van der Waals surface area contributed by atoms with Gasteiger partial charge in [-0.3, -0.25) is 9.59 Å². The van der Waals surface area contributed by atoms with E-state index < -0.39 is 6.10 Å². The topological polar surface area (TPSA) is 72.8 Å². The van der Waals surface area contributed by atoms with E-state index in [-0.39, 0.29) is 25.2 Å². The molecule has 0 aliphatic heterocycles. The van der Waals surface area contributed by atoms with Gasteiger partial charge in [-0.25, -0.2) is 0 Å². The first kappa shape index (κ1) is 83.1. The fourth-order valence-corrected chi connectivity index (χ4v) is 11.5. The van der Waals surface area contributed by atoms with Crippen molar-refractivity contribution in [2.75, 3.05) is 13.2 Å². The fourth-order valence-electron chi connectivity index (χ4n) is 11.5. The number of allylic oxidation sites excluding steroid dienone is 14. The van der Waals surface area contributed by atoms with Gasteiger partial charge < -0.3 is 14.6 Å². The molecule has 1 N–H and O–H groups in total. The first-order valence-corrected chi connectivity index (χ1v) is 38.1. The molecule has 5 heteroatoms. The van der Waals surface area contributed by atoms with Crippen LogP contribution in [0.1, 0.15) is 399 Å². The lowest BCUT2D eigenvalue weighted by Crippen LogP contribution is -2.28. The van der Waals surface area contributed by atoms with E-state index in [0.29, 0.717) is 12.8 Å². The zero-order valence-corrected chi connectivity index (χ0v) is 57.6. The van der Waals surface area contributed by atoms with E-state index in [1.165, 1.54) is 295 Å². The highest BCUT2D eigenvalue weighted by molar-refractivity contribution is 5.70. The molecule has 500 valence electrons. The van der Waals surface area contributed by atoms with Crippen molar-refractivity contribution >= 4 is 11.9 Å². The molecule has 0 aromatic rings. The van der Waals surface area contributed by atoms with Crippen LogP contribution in [0, 0.1) is 0 Å². The Morgan fingerprint density at radius 2 is 0.500 bits per heavy atom. The summed E-state index contributed by atoms with van der Waals surface area (Å²) in [5.41, 5.74) is 0. The first-order chi connectivity index (χ1) is 42.6. The standard InChI is InChI=1S/C81H146O5/c1-3-5-7-9-11-13-15-17-19-21-23-25-27-29-31-33-35-36-37-38-39-40-41-42-43-44-46-48-50-52-54-56-58-60-62-64-66-68-70-72-74-76-81(84)86-79(77-82)78-85-80(83)75-73-71-69-67-65-63-61-59-57-55-53-51-49-47-45-34-32-30-28-26-24-22-20-18-16-14-12-10-8-6-4-2/h5,7,11,13,16-19,22-25,29,31,79,82H,3-4,6,8-10,12,14-15,20-21,26-28,30,32-78H2,1-2H3/b7-5-,13-11-,18-16-,19-17-,24-22-,25-23-,31-29-. The number of aliphatic hydroxyl groups excluding tert-OH is 1. The van der Waals surface area contributed by atoms with Gasteiger partial charge in [0.15, 0.2) is 6.10 Å². The Morgan fingerprint density at radius 1 is 0.279 bits per heavy atom. The highest BCUT2D eigenvalue weighted by Crippen LogP contribution is 2.19. The van der Waals surface area contributed by atoms with Crippen LogP contribution in [-0.2, 0) is 19.1 Å². The number of esters is 2. The molecule has 0 radical (unpaired) electrons. The van der Waals surface area contributed by atoms with Crippen molar-refractivity contribution in [3.8, 4) is 0 Å². The number of aliphatic hydroxyl groups is 1. The highest BCUT2D eigenvalue weighted by atomic mass is 16.6. The van der Waals surface area contributed by atoms with Crippen molar-refractivity contribution in [1.82, 2.24) is 0 Å². The number of carbonyl (C=O) groups is 2. The van der Waals surface area contributed by atoms with Crippen molar-refractivity contribution in [2.45, 2.75) is 405 Å². The average Bonchev–Trinajstić information content (AvgIpc) is 3.54. The molecule has 0 aromatic heterocycles. The summed E-state index contributed by atoms with van der Waals surface area (Å²) in [6, 6.07) is 0. The molecule has 0 rings (SSSR count). The van der Waals surface area contributed by atoms with Crippen molar-refractivity contribution in [1.29, 1.82) is 0 Å². The Hall–Kier alpha value is -2.92. The molecule has 0 fully saturated rings. The van der Waals surface area contributed by atoms with Gasteiger partial charge in [0.1, 0.15) is 6.61 Å². The van der Waals surface area contributed by atoms with E-state index in [4.69, 9.17) is 9.47 Å². The van der Waals surface area contributed by atoms with Crippen LogP contribution < -0.4 is 0 Å². The third-order valence-corrected chi connectivity index (χ3v) is 17.2. The molecule has 0 saturated carbocycles. The summed E-state index contributed by atoms with van der Waals surface area (Å²) in [6.07, 6.45) is 108. The molecule has 0 aliphatic carbocycles. The van der Waals surface area contributed by atoms with Gasteiger partial charge in [0.2, 0.25) is 0 Å². The molecule has 1 atom stereocenters. The van der Waals surface area contributed by atoms with E-state index in [9.17, 15) is 14.7 Å². The van der Waals surface area contributed by atoms with Crippen LogP contribution >= 0.6 is 0 Å². The van der Waals surface area contributed by atoms with Crippen LogP contribution in [0.3, 0.4) is 0 Å². The Balaban J connectivity index is 3.39. The number of rotatable bonds is 71. The highest BCUT2D eigenvalue weighted by Gasteiger charge is 2.16. The number of carbonyl (C=O) groups excluding carboxylic acids is 2. The minimum Gasteiger partial charge on any atom is -0.462 e. The lowest BCUT2D eigenvalue weighted by molar-refractivity contribution is -0.161. The van der Waals surface area contributed by atoms with E-state index >= 15 is 0 Å². The van der Waals surface area contributed by atoms with Gasteiger partial charge in [0.05, 0.1) is 6.61 Å². The Morgan fingerprint density at radius 3 is 0.756 bits per heavy atom. The fraction of sp³-hybridized carbons (Fsp3) is 0.802. The number of unbranched alkanes of at least 4 members (excludes halogenated alkanes) is 49. The number of ether oxygens (including phenoxy) is 2. The Bertz CT molecular complexity index is 1550. The van der Waals surface area contributed by atoms with Crippen molar-refractivity contribution < 1.29 is 24.2 Å². The third-order valence-electron chi connectivity index (χ3n) is 17.2. The molecule has 0 aromatic carbocycles. The molecular weight excluding hydrogens is 1050 g/mol. The van der Waals surface area contributed by atoms with Gasteiger partial charge in [-0.15, -0.1) is 0 Å². The van der Waals surface area contributed by atoms with E-state index in [0.717, 1.165) is 77.0 Å². The maximum atomic E-state index is 12.4. The maximum absolute atomic E-state index is 12.4. The van der Waals surface area contributed by atoms with Crippen molar-refractivity contribution in [3.63, 3.8) is 0 Å². The third kappa shape index (κ3) is 73.5. The second-order valence-electron chi connectivity index (χ2n) is 25.7. The van der Waals surface area contributed by atoms with Crippen LogP contribution in [0.4, 0.5) is 0 Å². The predicted octanol–water partition coefficient (Wildman–Crippen LogP) is 26.8. The minimum absolute atomic E-state index is 0.0614. The average molecular weight is 1200 g/mol. The lowest BCUT2D eigenvalue weighted by atomic mass is 10.0. The van der Waals surface area contributed by atoms with E-state index in [1.54, 1.807) is 0 Å². The molecule has 0 saturated heterocycles. The molecule has 0 amide bonds. The van der Waals surface area contributed by atoms with Gasteiger partial charge in [0, 0.05) is 12.8 Å². The molecule has 1 unspecified atom stereocenters. The van der Waals surface area contributed by atoms with Crippen LogP contribution in [0.5, 0.6) is 0 Å². The maximum Gasteiger partial charge on any atom is 0.306 e. The predicted molar refractivity (Wildman–Crippen MR) is 380 cm³/mol. The molecule has 0 heterocycles. The van der Waals surface area contributed by atoms with Crippen LogP contribution in [0.2, 0.25) is 0 Å². The largest absolute Gasteiger partial charge is 0.462 e. The SMILES string of the molecule is CC/C=C\C/C=C\C/C=C\C/C=C\C/C=C\CCCCCCCCCCCCCCCCCCCCCCCCCCCC(=O)OC(CO)COC(=O)CCCCCCCCCCCCCCCCCCCCC/C=C\C/C=C\CCCCCCC. The van der Waals surface area contributed by atoms with Gasteiger partial charge >= 0.3 is 11.9 Å². The van der Waals surface area contributed by atoms with E-state index in [2.05, 4.69) is 98.9 Å².